The van der Waals surface area contributed by atoms with Crippen molar-refractivity contribution in [1.82, 2.24) is 9.80 Å². The monoisotopic (exact) mass is 213 g/mol. The Kier molecular flexibility index (Phi) is 5.58. The zero-order valence-corrected chi connectivity index (χ0v) is 10.6. The van der Waals surface area contributed by atoms with E-state index < -0.39 is 0 Å². The quantitative estimate of drug-likeness (QED) is 0.653. The second kappa shape index (κ2) is 6.46. The van der Waals surface area contributed by atoms with Crippen LogP contribution in [0.3, 0.4) is 0 Å². The lowest BCUT2D eigenvalue weighted by molar-refractivity contribution is 0.287. The van der Waals surface area contributed by atoms with Gasteiger partial charge in [-0.15, -0.1) is 0 Å². The maximum atomic E-state index is 6.07. The average Bonchev–Trinajstić information content (AvgIpc) is 2.96. The van der Waals surface area contributed by atoms with Crippen LogP contribution in [0.1, 0.15) is 25.7 Å². The maximum Gasteiger partial charge on any atom is 0.00793 e. The van der Waals surface area contributed by atoms with E-state index in [9.17, 15) is 0 Å². The van der Waals surface area contributed by atoms with E-state index in [0.717, 1.165) is 12.5 Å². The first-order valence-electron chi connectivity index (χ1n) is 6.18. The van der Waals surface area contributed by atoms with Gasteiger partial charge in [0.05, 0.1) is 0 Å². The van der Waals surface area contributed by atoms with Crippen molar-refractivity contribution >= 4 is 0 Å². The van der Waals surface area contributed by atoms with Crippen LogP contribution < -0.4 is 5.73 Å². The summed E-state index contributed by atoms with van der Waals surface area (Å²) in [4.78, 5) is 4.65. The van der Waals surface area contributed by atoms with Crippen LogP contribution in [0.4, 0.5) is 0 Å². The van der Waals surface area contributed by atoms with Crippen LogP contribution in [-0.4, -0.2) is 56.6 Å². The standard InChI is InChI=1S/C12H27N3/c1-14(2)8-4-9-15(3)10-7-12(13)11-5-6-11/h11-12H,4-10,13H2,1-3H3. The molecule has 0 aromatic rings. The van der Waals surface area contributed by atoms with Crippen LogP contribution in [0.5, 0.6) is 0 Å². The lowest BCUT2D eigenvalue weighted by atomic mass is 10.1. The molecule has 90 valence electrons. The molecule has 1 aliphatic rings. The number of rotatable bonds is 8. The van der Waals surface area contributed by atoms with E-state index in [1.807, 2.05) is 0 Å². The number of hydrogen-bond acceptors (Lipinski definition) is 3. The van der Waals surface area contributed by atoms with E-state index in [-0.39, 0.29) is 0 Å². The Hall–Kier alpha value is -0.120. The van der Waals surface area contributed by atoms with Crippen LogP contribution in [0.2, 0.25) is 0 Å². The van der Waals surface area contributed by atoms with Crippen molar-refractivity contribution < 1.29 is 0 Å². The summed E-state index contributed by atoms with van der Waals surface area (Å²) in [5, 5.41) is 0. The molecule has 1 fully saturated rings. The van der Waals surface area contributed by atoms with E-state index in [2.05, 4.69) is 30.9 Å². The Balaban J connectivity index is 1.95. The zero-order valence-electron chi connectivity index (χ0n) is 10.6. The molecule has 0 aromatic carbocycles. The van der Waals surface area contributed by atoms with Gasteiger partial charge in [0.15, 0.2) is 0 Å². The normalized spacial score (nSPS) is 18.8. The van der Waals surface area contributed by atoms with Crippen molar-refractivity contribution in [1.29, 1.82) is 0 Å². The Morgan fingerprint density at radius 3 is 2.33 bits per heavy atom. The second-order valence-corrected chi connectivity index (χ2v) is 5.25. The third-order valence-electron chi connectivity index (χ3n) is 3.22. The Labute approximate surface area is 94.6 Å². The summed E-state index contributed by atoms with van der Waals surface area (Å²) in [5.74, 6) is 0.847. The predicted octanol–water partition coefficient (Wildman–Crippen LogP) is 0.997. The zero-order chi connectivity index (χ0) is 11.3. The van der Waals surface area contributed by atoms with E-state index in [4.69, 9.17) is 5.73 Å². The summed E-state index contributed by atoms with van der Waals surface area (Å²) in [5.41, 5.74) is 6.07. The summed E-state index contributed by atoms with van der Waals surface area (Å²) >= 11 is 0. The minimum atomic E-state index is 0.460. The molecule has 1 aliphatic carbocycles. The van der Waals surface area contributed by atoms with Crippen molar-refractivity contribution in [2.75, 3.05) is 40.8 Å². The molecule has 0 heterocycles. The fourth-order valence-electron chi connectivity index (χ4n) is 1.90. The summed E-state index contributed by atoms with van der Waals surface area (Å²) in [6.45, 7) is 3.53. The molecule has 0 bridgehead atoms. The van der Waals surface area contributed by atoms with Crippen LogP contribution in [0.15, 0.2) is 0 Å². The average molecular weight is 213 g/mol. The molecule has 3 heteroatoms. The van der Waals surface area contributed by atoms with Crippen molar-refractivity contribution in [3.8, 4) is 0 Å². The van der Waals surface area contributed by atoms with Crippen LogP contribution in [0.25, 0.3) is 0 Å². The first-order valence-corrected chi connectivity index (χ1v) is 6.18. The third-order valence-corrected chi connectivity index (χ3v) is 3.22. The summed E-state index contributed by atoms with van der Waals surface area (Å²) in [7, 11) is 6.46. The fourth-order valence-corrected chi connectivity index (χ4v) is 1.90. The first-order chi connectivity index (χ1) is 7.09. The summed E-state index contributed by atoms with van der Waals surface area (Å²) < 4.78 is 0. The summed E-state index contributed by atoms with van der Waals surface area (Å²) in [6, 6.07) is 0.460. The minimum absolute atomic E-state index is 0.460. The van der Waals surface area contributed by atoms with E-state index in [1.54, 1.807) is 0 Å². The second-order valence-electron chi connectivity index (χ2n) is 5.25. The van der Waals surface area contributed by atoms with Gasteiger partial charge in [-0.05, 0) is 72.4 Å². The van der Waals surface area contributed by atoms with Gasteiger partial charge in [0.1, 0.15) is 0 Å². The molecule has 1 saturated carbocycles. The topological polar surface area (TPSA) is 32.5 Å². The molecule has 0 saturated heterocycles. The highest BCUT2D eigenvalue weighted by atomic mass is 15.1. The van der Waals surface area contributed by atoms with E-state index >= 15 is 0 Å². The predicted molar refractivity (Wildman–Crippen MR) is 66.0 cm³/mol. The van der Waals surface area contributed by atoms with Gasteiger partial charge in [0, 0.05) is 6.04 Å². The van der Waals surface area contributed by atoms with Gasteiger partial charge >= 0.3 is 0 Å². The lowest BCUT2D eigenvalue weighted by Crippen LogP contribution is -2.31. The SMILES string of the molecule is CN(C)CCCN(C)CCC(N)C1CC1. The molecule has 1 rings (SSSR count). The fraction of sp³-hybridized carbons (Fsp3) is 1.00. The van der Waals surface area contributed by atoms with Crippen LogP contribution in [0, 0.1) is 5.92 Å². The van der Waals surface area contributed by atoms with Crippen molar-refractivity contribution in [2.45, 2.75) is 31.7 Å². The molecule has 0 amide bonds. The molecule has 15 heavy (non-hydrogen) atoms. The maximum absolute atomic E-state index is 6.07. The van der Waals surface area contributed by atoms with Crippen LogP contribution in [-0.2, 0) is 0 Å². The smallest absolute Gasteiger partial charge is 0.00793 e. The van der Waals surface area contributed by atoms with Gasteiger partial charge in [0.2, 0.25) is 0 Å². The van der Waals surface area contributed by atoms with Crippen LogP contribution >= 0.6 is 0 Å². The van der Waals surface area contributed by atoms with Gasteiger partial charge < -0.3 is 15.5 Å². The molecular formula is C12H27N3. The Bertz CT molecular complexity index is 166. The van der Waals surface area contributed by atoms with Crippen molar-refractivity contribution in [2.24, 2.45) is 11.7 Å². The first kappa shape index (κ1) is 12.9. The molecule has 0 aliphatic heterocycles. The molecule has 1 atom stereocenters. The Morgan fingerprint density at radius 2 is 1.80 bits per heavy atom. The molecule has 0 radical (unpaired) electrons. The van der Waals surface area contributed by atoms with Gasteiger partial charge in [0.25, 0.3) is 0 Å². The number of hydrogen-bond donors (Lipinski definition) is 1. The highest BCUT2D eigenvalue weighted by molar-refractivity contribution is 4.84. The van der Waals surface area contributed by atoms with Gasteiger partial charge in [-0.1, -0.05) is 0 Å². The molecule has 2 N–H and O–H groups in total. The third kappa shape index (κ3) is 6.13. The largest absolute Gasteiger partial charge is 0.327 e. The van der Waals surface area contributed by atoms with E-state index in [1.165, 1.54) is 38.8 Å². The molecule has 0 aromatic heterocycles. The lowest BCUT2D eigenvalue weighted by Gasteiger charge is -2.20. The van der Waals surface area contributed by atoms with Crippen molar-refractivity contribution in [3.05, 3.63) is 0 Å². The van der Waals surface area contributed by atoms with E-state index in [0.29, 0.717) is 6.04 Å². The van der Waals surface area contributed by atoms with Gasteiger partial charge in [-0.2, -0.15) is 0 Å². The van der Waals surface area contributed by atoms with Crippen molar-refractivity contribution in [3.63, 3.8) is 0 Å². The van der Waals surface area contributed by atoms with Gasteiger partial charge in [-0.3, -0.25) is 0 Å². The number of nitrogens with zero attached hydrogens (tertiary/aromatic N) is 2. The highest BCUT2D eigenvalue weighted by Crippen LogP contribution is 2.32. The summed E-state index contributed by atoms with van der Waals surface area (Å²) in [6.07, 6.45) is 5.16. The molecule has 1 unspecified atom stereocenters. The minimum Gasteiger partial charge on any atom is -0.327 e. The molecule has 3 nitrogen and oxygen atoms in total. The molecule has 0 spiro atoms. The van der Waals surface area contributed by atoms with Gasteiger partial charge in [-0.25, -0.2) is 0 Å². The Morgan fingerprint density at radius 1 is 1.13 bits per heavy atom. The molecular weight excluding hydrogens is 186 g/mol. The highest BCUT2D eigenvalue weighted by Gasteiger charge is 2.27. The number of nitrogens with two attached hydrogens (primary N) is 1.